The number of rotatable bonds is 5. The van der Waals surface area contributed by atoms with Crippen molar-refractivity contribution in [2.75, 3.05) is 5.32 Å². The summed E-state index contributed by atoms with van der Waals surface area (Å²) in [5.41, 5.74) is 1.94. The molecule has 4 N–H and O–H groups in total. The minimum absolute atomic E-state index is 0.0990. The number of anilines is 1. The molecule has 2 saturated carbocycles. The fourth-order valence-electron chi connectivity index (χ4n) is 3.89. The molecule has 0 bridgehead atoms. The van der Waals surface area contributed by atoms with Crippen LogP contribution in [0.1, 0.15) is 50.1 Å². The summed E-state index contributed by atoms with van der Waals surface area (Å²) in [7, 11) is 0. The fourth-order valence-corrected chi connectivity index (χ4v) is 3.89. The molecule has 5 rings (SSSR count). The van der Waals surface area contributed by atoms with Crippen molar-refractivity contribution in [1.82, 2.24) is 20.4 Å². The number of ether oxygens (including phenoxy) is 1. The zero-order valence-electron chi connectivity index (χ0n) is 14.5. The topological polar surface area (TPSA) is 98.6 Å². The molecule has 7 heteroatoms. The normalized spacial score (nSPS) is 23.2. The molecule has 3 aromatic rings. The van der Waals surface area contributed by atoms with Crippen LogP contribution in [0.25, 0.3) is 10.9 Å². The summed E-state index contributed by atoms with van der Waals surface area (Å²) in [6, 6.07) is 8.10. The largest absolute Gasteiger partial charge is 0.490 e. The molecule has 2 aromatic heterocycles. The van der Waals surface area contributed by atoms with Crippen molar-refractivity contribution in [1.29, 1.82) is 0 Å². The van der Waals surface area contributed by atoms with Crippen LogP contribution in [-0.4, -0.2) is 32.5 Å². The first-order chi connectivity index (χ1) is 12.7. The molecule has 2 aliphatic rings. The van der Waals surface area contributed by atoms with Crippen molar-refractivity contribution in [2.45, 2.75) is 56.6 Å². The number of hydrogen-bond acceptors (Lipinski definition) is 4. The van der Waals surface area contributed by atoms with Gasteiger partial charge in [0.1, 0.15) is 17.7 Å². The minimum Gasteiger partial charge on any atom is -0.490 e. The Balaban J connectivity index is 1.23. The van der Waals surface area contributed by atoms with Gasteiger partial charge in [-0.05, 0) is 44.2 Å². The maximum atomic E-state index is 11.6. The molecule has 2 unspecified atom stereocenters. The Hall–Kier alpha value is -2.70. The molecule has 136 valence electrons. The van der Waals surface area contributed by atoms with E-state index in [0.717, 1.165) is 42.8 Å². The van der Waals surface area contributed by atoms with Crippen LogP contribution in [0.5, 0.6) is 5.75 Å². The highest BCUT2D eigenvalue weighted by molar-refractivity contribution is 5.79. The smallest absolute Gasteiger partial charge is 0.271 e. The lowest BCUT2D eigenvalue weighted by molar-refractivity contribution is 0.148. The van der Waals surface area contributed by atoms with Gasteiger partial charge < -0.3 is 10.1 Å². The summed E-state index contributed by atoms with van der Waals surface area (Å²) >= 11 is 0. The maximum Gasteiger partial charge on any atom is 0.271 e. The Labute approximate surface area is 150 Å². The predicted octanol–water partition coefficient (Wildman–Crippen LogP) is 3.26. The van der Waals surface area contributed by atoms with E-state index in [1.165, 1.54) is 18.5 Å². The Bertz CT molecular complexity index is 968. The van der Waals surface area contributed by atoms with Crippen molar-refractivity contribution in [3.63, 3.8) is 0 Å². The Kier molecular flexibility index (Phi) is 3.72. The first-order valence-corrected chi connectivity index (χ1v) is 9.43. The van der Waals surface area contributed by atoms with E-state index in [2.05, 4.69) is 31.8 Å². The lowest BCUT2D eigenvalue weighted by atomic mass is 9.92. The number of fused-ring (bicyclic) bond motifs is 1. The van der Waals surface area contributed by atoms with Gasteiger partial charge in [-0.2, -0.15) is 5.10 Å². The van der Waals surface area contributed by atoms with Gasteiger partial charge in [0.25, 0.3) is 5.56 Å². The molecule has 2 fully saturated rings. The van der Waals surface area contributed by atoms with Gasteiger partial charge in [0.2, 0.25) is 0 Å². The number of benzene rings is 1. The SMILES string of the molecule is O=c1[nH][nH]c2cc(OC3CCCC(Nc4cc(C5CC5)[nH]n4)C3)ccc12. The fraction of sp³-hybridized carbons (Fsp3) is 0.474. The molecule has 0 aliphatic heterocycles. The highest BCUT2D eigenvalue weighted by Gasteiger charge is 2.27. The van der Waals surface area contributed by atoms with E-state index < -0.39 is 0 Å². The Morgan fingerprint density at radius 3 is 2.92 bits per heavy atom. The lowest BCUT2D eigenvalue weighted by Crippen LogP contribution is -2.33. The van der Waals surface area contributed by atoms with E-state index in [9.17, 15) is 4.79 Å². The van der Waals surface area contributed by atoms with Crippen LogP contribution < -0.4 is 15.6 Å². The quantitative estimate of drug-likeness (QED) is 0.566. The number of H-pyrrole nitrogens is 3. The highest BCUT2D eigenvalue weighted by Crippen LogP contribution is 2.39. The van der Waals surface area contributed by atoms with Crippen molar-refractivity contribution < 1.29 is 4.74 Å². The summed E-state index contributed by atoms with van der Waals surface area (Å²) in [6.45, 7) is 0. The van der Waals surface area contributed by atoms with Gasteiger partial charge in [-0.1, -0.05) is 0 Å². The number of aromatic amines is 3. The number of nitrogens with zero attached hydrogens (tertiary/aromatic N) is 1. The molecule has 0 amide bonds. The van der Waals surface area contributed by atoms with E-state index in [4.69, 9.17) is 4.74 Å². The van der Waals surface area contributed by atoms with Crippen LogP contribution >= 0.6 is 0 Å². The third kappa shape index (κ3) is 3.09. The Morgan fingerprint density at radius 1 is 1.12 bits per heavy atom. The van der Waals surface area contributed by atoms with Gasteiger partial charge in [0.05, 0.1) is 10.9 Å². The van der Waals surface area contributed by atoms with Crippen LogP contribution in [0.3, 0.4) is 0 Å². The number of aromatic nitrogens is 4. The van der Waals surface area contributed by atoms with Crippen molar-refractivity contribution in [3.05, 3.63) is 40.3 Å². The molecule has 7 nitrogen and oxygen atoms in total. The summed E-state index contributed by atoms with van der Waals surface area (Å²) in [6.07, 6.45) is 6.99. The van der Waals surface area contributed by atoms with Crippen molar-refractivity contribution in [2.24, 2.45) is 0 Å². The van der Waals surface area contributed by atoms with Gasteiger partial charge in [0, 0.05) is 36.2 Å². The zero-order valence-corrected chi connectivity index (χ0v) is 14.5. The first-order valence-electron chi connectivity index (χ1n) is 9.43. The molecule has 1 aromatic carbocycles. The molecule has 0 radical (unpaired) electrons. The van der Waals surface area contributed by atoms with Gasteiger partial charge >= 0.3 is 0 Å². The van der Waals surface area contributed by atoms with Gasteiger partial charge in [-0.3, -0.25) is 20.1 Å². The first kappa shape index (κ1) is 15.5. The highest BCUT2D eigenvalue weighted by atomic mass is 16.5. The van der Waals surface area contributed by atoms with Crippen LogP contribution in [0.2, 0.25) is 0 Å². The van der Waals surface area contributed by atoms with E-state index in [1.54, 1.807) is 0 Å². The van der Waals surface area contributed by atoms with Crippen LogP contribution in [0, 0.1) is 0 Å². The summed E-state index contributed by atoms with van der Waals surface area (Å²) < 4.78 is 6.19. The van der Waals surface area contributed by atoms with Gasteiger partial charge in [0.15, 0.2) is 0 Å². The molecule has 2 aliphatic carbocycles. The third-order valence-electron chi connectivity index (χ3n) is 5.44. The van der Waals surface area contributed by atoms with E-state index in [1.807, 2.05) is 18.2 Å². The van der Waals surface area contributed by atoms with Gasteiger partial charge in [-0.25, -0.2) is 0 Å². The molecular formula is C19H23N5O2. The second kappa shape index (κ2) is 6.23. The van der Waals surface area contributed by atoms with E-state index in [-0.39, 0.29) is 11.7 Å². The lowest BCUT2D eigenvalue weighted by Gasteiger charge is -2.30. The van der Waals surface area contributed by atoms with Crippen molar-refractivity contribution >= 4 is 16.7 Å². The number of hydrogen-bond donors (Lipinski definition) is 4. The molecule has 2 heterocycles. The second-order valence-electron chi connectivity index (χ2n) is 7.52. The summed E-state index contributed by atoms with van der Waals surface area (Å²) in [4.78, 5) is 11.6. The van der Waals surface area contributed by atoms with Crippen LogP contribution in [0.4, 0.5) is 5.82 Å². The average Bonchev–Trinajstić information content (AvgIpc) is 3.29. The molecular weight excluding hydrogens is 330 g/mol. The Morgan fingerprint density at radius 2 is 2.04 bits per heavy atom. The molecule has 0 spiro atoms. The molecule has 2 atom stereocenters. The van der Waals surface area contributed by atoms with E-state index in [0.29, 0.717) is 17.3 Å². The predicted molar refractivity (Wildman–Crippen MR) is 99.8 cm³/mol. The maximum absolute atomic E-state index is 11.6. The summed E-state index contributed by atoms with van der Waals surface area (Å²) in [5.74, 6) is 2.44. The summed E-state index contributed by atoms with van der Waals surface area (Å²) in [5, 5.41) is 17.3. The molecule has 0 saturated heterocycles. The van der Waals surface area contributed by atoms with Crippen LogP contribution in [0.15, 0.2) is 29.1 Å². The van der Waals surface area contributed by atoms with Crippen molar-refractivity contribution in [3.8, 4) is 5.75 Å². The minimum atomic E-state index is -0.0990. The van der Waals surface area contributed by atoms with E-state index >= 15 is 0 Å². The second-order valence-corrected chi connectivity index (χ2v) is 7.52. The average molecular weight is 353 g/mol. The monoisotopic (exact) mass is 353 g/mol. The van der Waals surface area contributed by atoms with Gasteiger partial charge in [-0.15, -0.1) is 0 Å². The van der Waals surface area contributed by atoms with Crippen LogP contribution in [-0.2, 0) is 0 Å². The zero-order chi connectivity index (χ0) is 17.5. The standard InChI is InChI=1S/C19H23N5O2/c25-19-15-7-6-14(9-17(15)22-24-19)26-13-3-1-2-12(8-13)20-18-10-16(21-23-18)11-4-5-11/h6-7,9-13H,1-5,8H2,(H2,20,21,23)(H2,22,24,25). The molecule has 26 heavy (non-hydrogen) atoms. The third-order valence-corrected chi connectivity index (χ3v) is 5.44. The number of nitrogens with one attached hydrogen (secondary N) is 4.